The van der Waals surface area contributed by atoms with Gasteiger partial charge < -0.3 is 5.11 Å². The van der Waals surface area contributed by atoms with Crippen LogP contribution in [0.3, 0.4) is 0 Å². The molecule has 2 aromatic rings. The van der Waals surface area contributed by atoms with Crippen LogP contribution in [0.4, 0.5) is 0 Å². The third-order valence-corrected chi connectivity index (χ3v) is 8.92. The molecule has 0 saturated heterocycles. The lowest BCUT2D eigenvalue weighted by Gasteiger charge is -2.31. The van der Waals surface area contributed by atoms with E-state index in [0.717, 1.165) is 17.4 Å². The van der Waals surface area contributed by atoms with E-state index in [1.807, 2.05) is 0 Å². The van der Waals surface area contributed by atoms with Crippen LogP contribution in [-0.2, 0) is 5.41 Å². The Labute approximate surface area is 216 Å². The van der Waals surface area contributed by atoms with E-state index in [2.05, 4.69) is 84.0 Å². The molecule has 2 aromatic carbocycles. The van der Waals surface area contributed by atoms with Crippen molar-refractivity contribution in [3.8, 4) is 5.75 Å². The van der Waals surface area contributed by atoms with E-state index in [0.29, 0.717) is 17.6 Å². The average Bonchev–Trinajstić information content (AvgIpc) is 2.88. The number of rotatable bonds is 10. The van der Waals surface area contributed by atoms with Gasteiger partial charge in [-0.3, -0.25) is 0 Å². The Morgan fingerprint density at radius 1 is 0.743 bits per heavy atom. The lowest BCUT2D eigenvalue weighted by Crippen LogP contribution is -2.20. The van der Waals surface area contributed by atoms with Crippen LogP contribution in [0.15, 0.2) is 42.5 Å². The third-order valence-electron chi connectivity index (χ3n) is 8.92. The van der Waals surface area contributed by atoms with Gasteiger partial charge >= 0.3 is 0 Å². The molecular formula is C34H52O. The fourth-order valence-corrected chi connectivity index (χ4v) is 6.83. The standard InChI is InChI=1S/C34H52O/c1-7-9-12-16-27-22-25(3)30-20-21-31(34(5,6)29-18-14-11-15-19-29)33(35)32(30)26(4)23-28(24-27)17-13-10-8-2/h11,14-15,18-21,25-28,35H,7-10,12-13,16-17,22-24H2,1-6H3. The molecule has 35 heavy (non-hydrogen) atoms. The van der Waals surface area contributed by atoms with Crippen LogP contribution in [0.1, 0.15) is 146 Å². The molecule has 0 saturated carbocycles. The van der Waals surface area contributed by atoms with Gasteiger partial charge in [0.25, 0.3) is 0 Å². The number of hydrogen-bond acceptors (Lipinski definition) is 1. The molecule has 0 bridgehead atoms. The van der Waals surface area contributed by atoms with Gasteiger partial charge in [-0.15, -0.1) is 0 Å². The van der Waals surface area contributed by atoms with Crippen LogP contribution in [0.5, 0.6) is 5.75 Å². The summed E-state index contributed by atoms with van der Waals surface area (Å²) in [4.78, 5) is 0. The van der Waals surface area contributed by atoms with Gasteiger partial charge in [0.2, 0.25) is 0 Å². The zero-order valence-corrected chi connectivity index (χ0v) is 23.6. The van der Waals surface area contributed by atoms with Crippen LogP contribution >= 0.6 is 0 Å². The second-order valence-electron chi connectivity index (χ2n) is 12.2. The van der Waals surface area contributed by atoms with Crippen molar-refractivity contribution in [2.24, 2.45) is 11.8 Å². The largest absolute Gasteiger partial charge is 0.507 e. The molecule has 4 atom stereocenters. The Kier molecular flexibility index (Phi) is 10.3. The molecule has 0 aliphatic heterocycles. The number of unbranched alkanes of at least 4 members (excludes halogenated alkanes) is 4. The van der Waals surface area contributed by atoms with Crippen molar-refractivity contribution >= 4 is 0 Å². The van der Waals surface area contributed by atoms with Crippen molar-refractivity contribution in [1.29, 1.82) is 0 Å². The molecule has 1 nitrogen and oxygen atoms in total. The fourth-order valence-electron chi connectivity index (χ4n) is 6.83. The van der Waals surface area contributed by atoms with Gasteiger partial charge in [0, 0.05) is 16.5 Å². The minimum Gasteiger partial charge on any atom is -0.507 e. The first kappa shape index (κ1) is 27.8. The Balaban J connectivity index is 1.99. The summed E-state index contributed by atoms with van der Waals surface area (Å²) in [7, 11) is 0. The van der Waals surface area contributed by atoms with E-state index in [1.165, 1.54) is 87.3 Å². The zero-order chi connectivity index (χ0) is 25.4. The highest BCUT2D eigenvalue weighted by Crippen LogP contribution is 2.48. The number of phenols is 1. The quantitative estimate of drug-likeness (QED) is 0.338. The number of aromatic hydroxyl groups is 1. The molecule has 1 aliphatic carbocycles. The first-order chi connectivity index (χ1) is 16.8. The highest BCUT2D eigenvalue weighted by Gasteiger charge is 2.33. The van der Waals surface area contributed by atoms with E-state index in [9.17, 15) is 5.11 Å². The Morgan fingerprint density at radius 3 is 1.89 bits per heavy atom. The highest BCUT2D eigenvalue weighted by atomic mass is 16.3. The van der Waals surface area contributed by atoms with Gasteiger partial charge in [-0.05, 0) is 54.1 Å². The topological polar surface area (TPSA) is 20.2 Å². The number of phenolic OH excluding ortho intramolecular Hbond substituents is 1. The monoisotopic (exact) mass is 476 g/mol. The first-order valence-electron chi connectivity index (χ1n) is 14.7. The van der Waals surface area contributed by atoms with E-state index >= 15 is 0 Å². The van der Waals surface area contributed by atoms with E-state index in [4.69, 9.17) is 0 Å². The molecule has 3 rings (SSSR count). The number of benzene rings is 2. The minimum atomic E-state index is -0.231. The summed E-state index contributed by atoms with van der Waals surface area (Å²) in [5, 5.41) is 11.9. The molecule has 0 heterocycles. The van der Waals surface area contributed by atoms with Gasteiger partial charge in [-0.1, -0.05) is 135 Å². The first-order valence-corrected chi connectivity index (χ1v) is 14.7. The van der Waals surface area contributed by atoms with Gasteiger partial charge in [0.05, 0.1) is 0 Å². The predicted molar refractivity (Wildman–Crippen MR) is 153 cm³/mol. The van der Waals surface area contributed by atoms with Crippen molar-refractivity contribution < 1.29 is 5.11 Å². The molecule has 0 aromatic heterocycles. The maximum atomic E-state index is 11.9. The minimum absolute atomic E-state index is 0.231. The van der Waals surface area contributed by atoms with Crippen molar-refractivity contribution in [2.75, 3.05) is 0 Å². The SMILES string of the molecule is CCCCCC1CC(CCCCC)CC(C)c2c(ccc(C(C)(C)c3ccccc3)c2O)C(C)C1. The van der Waals surface area contributed by atoms with Crippen LogP contribution in [0.25, 0.3) is 0 Å². The molecule has 0 spiro atoms. The molecule has 1 N–H and O–H groups in total. The summed E-state index contributed by atoms with van der Waals surface area (Å²) in [6, 6.07) is 15.3. The zero-order valence-electron chi connectivity index (χ0n) is 23.6. The predicted octanol–water partition coefficient (Wildman–Crippen LogP) is 10.5. The van der Waals surface area contributed by atoms with Crippen LogP contribution in [0, 0.1) is 11.8 Å². The smallest absolute Gasteiger partial charge is 0.123 e. The van der Waals surface area contributed by atoms with Crippen LogP contribution in [0.2, 0.25) is 0 Å². The van der Waals surface area contributed by atoms with Crippen LogP contribution in [-0.4, -0.2) is 5.11 Å². The summed E-state index contributed by atoms with van der Waals surface area (Å²) in [5.41, 5.74) is 4.74. The van der Waals surface area contributed by atoms with Crippen LogP contribution < -0.4 is 0 Å². The van der Waals surface area contributed by atoms with Crippen molar-refractivity contribution in [3.63, 3.8) is 0 Å². The third kappa shape index (κ3) is 6.93. The summed E-state index contributed by atoms with van der Waals surface area (Å²) in [6.07, 6.45) is 14.6. The number of fused-ring (bicyclic) bond motifs is 1. The molecule has 0 fully saturated rings. The van der Waals surface area contributed by atoms with Crippen molar-refractivity contribution in [2.45, 2.75) is 129 Å². The average molecular weight is 477 g/mol. The van der Waals surface area contributed by atoms with E-state index < -0.39 is 0 Å². The Hall–Kier alpha value is -1.76. The lowest BCUT2D eigenvalue weighted by molar-refractivity contribution is 0.282. The van der Waals surface area contributed by atoms with Gasteiger partial charge in [-0.2, -0.15) is 0 Å². The van der Waals surface area contributed by atoms with Crippen molar-refractivity contribution in [1.82, 2.24) is 0 Å². The molecular weight excluding hydrogens is 424 g/mol. The molecule has 1 heteroatoms. The van der Waals surface area contributed by atoms with E-state index in [1.54, 1.807) is 0 Å². The fraction of sp³-hybridized carbons (Fsp3) is 0.647. The molecule has 194 valence electrons. The van der Waals surface area contributed by atoms with Gasteiger partial charge in [-0.25, -0.2) is 0 Å². The normalized spacial score (nSPS) is 23.3. The lowest BCUT2D eigenvalue weighted by atomic mass is 9.74. The Bertz CT molecular complexity index is 896. The highest BCUT2D eigenvalue weighted by molar-refractivity contribution is 5.54. The number of hydrogen-bond donors (Lipinski definition) is 1. The molecule has 4 unspecified atom stereocenters. The molecule has 1 aliphatic rings. The maximum Gasteiger partial charge on any atom is 0.123 e. The second kappa shape index (κ2) is 13.0. The van der Waals surface area contributed by atoms with Gasteiger partial charge in [0.15, 0.2) is 0 Å². The second-order valence-corrected chi connectivity index (χ2v) is 12.2. The summed E-state index contributed by atoms with van der Waals surface area (Å²) >= 11 is 0. The van der Waals surface area contributed by atoms with Gasteiger partial charge in [0.1, 0.15) is 5.75 Å². The summed E-state index contributed by atoms with van der Waals surface area (Å²) < 4.78 is 0. The Morgan fingerprint density at radius 2 is 1.31 bits per heavy atom. The summed E-state index contributed by atoms with van der Waals surface area (Å²) in [6.45, 7) is 13.9. The molecule has 0 amide bonds. The van der Waals surface area contributed by atoms with E-state index in [-0.39, 0.29) is 5.41 Å². The van der Waals surface area contributed by atoms with Crippen molar-refractivity contribution in [3.05, 3.63) is 64.7 Å². The summed E-state index contributed by atoms with van der Waals surface area (Å²) in [5.74, 6) is 3.02. The molecule has 0 radical (unpaired) electrons. The maximum absolute atomic E-state index is 11.9.